The molecule has 0 unspecified atom stereocenters. The van der Waals surface area contributed by atoms with Crippen LogP contribution in [-0.2, 0) is 20.1 Å². The Balaban J connectivity index is 0.000000204. The van der Waals surface area contributed by atoms with Gasteiger partial charge in [0.05, 0.1) is 0 Å². The van der Waals surface area contributed by atoms with Crippen LogP contribution < -0.4 is 4.58 Å². The average molecular weight is 714 g/mol. The molecule has 2 aromatic heterocycles. The number of nitrogens with zero attached hydrogens (tertiary/aromatic N) is 3. The molecule has 6 aromatic rings. The van der Waals surface area contributed by atoms with Gasteiger partial charge >= 0.3 is 6.01 Å². The van der Waals surface area contributed by atoms with E-state index in [1.54, 1.807) is 0 Å². The van der Waals surface area contributed by atoms with Crippen LogP contribution in [0.4, 0.5) is 17.1 Å². The molecule has 0 saturated heterocycles. The summed E-state index contributed by atoms with van der Waals surface area (Å²) < 4.78 is 10.3. The van der Waals surface area contributed by atoms with Gasteiger partial charge in [0.15, 0.2) is 6.54 Å². The van der Waals surface area contributed by atoms with Crippen molar-refractivity contribution in [3.05, 3.63) is 121 Å². The van der Waals surface area contributed by atoms with Crippen molar-refractivity contribution in [2.45, 2.75) is 27.7 Å². The Morgan fingerprint density at radius 2 is 1.59 bits per heavy atom. The molecule has 0 saturated carbocycles. The number of fused-ring (bicyclic) bond motifs is 4. The van der Waals surface area contributed by atoms with Crippen LogP contribution in [0.1, 0.15) is 26.3 Å². The molecule has 41 heavy (non-hydrogen) atoms. The fourth-order valence-electron chi connectivity index (χ4n) is 4.85. The van der Waals surface area contributed by atoms with Gasteiger partial charge in [0, 0.05) is 49.4 Å². The van der Waals surface area contributed by atoms with E-state index < -0.39 is 0 Å². The second-order valence-electron chi connectivity index (χ2n) is 11.3. The Labute approximate surface area is 254 Å². The number of hydrogen-bond acceptors (Lipinski definition) is 2. The summed E-state index contributed by atoms with van der Waals surface area (Å²) >= 11 is 0. The van der Waals surface area contributed by atoms with Gasteiger partial charge in [-0.2, -0.15) is 6.07 Å². The number of furan rings is 1. The van der Waals surface area contributed by atoms with E-state index in [0.29, 0.717) is 0 Å². The van der Waals surface area contributed by atoms with Gasteiger partial charge in [0.25, 0.3) is 11.4 Å². The van der Waals surface area contributed by atoms with E-state index in [9.17, 15) is 0 Å². The first-order valence-corrected chi connectivity index (χ1v) is 13.5. The number of benzene rings is 4. The first-order chi connectivity index (χ1) is 19.4. The van der Waals surface area contributed by atoms with Gasteiger partial charge in [-0.3, -0.25) is 0 Å². The summed E-state index contributed by atoms with van der Waals surface area (Å²) in [7, 11) is 0. The zero-order valence-electron chi connectivity index (χ0n) is 23.6. The van der Waals surface area contributed by atoms with Crippen LogP contribution in [-0.4, -0.2) is 22.1 Å². The fourth-order valence-corrected chi connectivity index (χ4v) is 4.85. The van der Waals surface area contributed by atoms with Gasteiger partial charge in [-0.15, -0.1) is 42.0 Å². The average Bonchev–Trinajstić information content (AvgIpc) is 3.51. The van der Waals surface area contributed by atoms with E-state index in [4.69, 9.17) is 4.42 Å². The first-order valence-electron chi connectivity index (χ1n) is 13.5. The summed E-state index contributed by atoms with van der Waals surface area (Å²) in [6.45, 7) is 9.66. The summed E-state index contributed by atoms with van der Waals surface area (Å²) in [6.07, 6.45) is 1.87. The van der Waals surface area contributed by atoms with Gasteiger partial charge in [-0.05, 0) is 29.6 Å². The molecule has 0 bridgehead atoms. The van der Waals surface area contributed by atoms with Crippen molar-refractivity contribution in [3.63, 3.8) is 0 Å². The van der Waals surface area contributed by atoms with Crippen molar-refractivity contribution >= 4 is 45.0 Å². The minimum Gasteiger partial charge on any atom is -0.483 e. The summed E-state index contributed by atoms with van der Waals surface area (Å²) in [5.74, 6) is 0. The van der Waals surface area contributed by atoms with Crippen LogP contribution in [0.3, 0.4) is 0 Å². The van der Waals surface area contributed by atoms with Crippen LogP contribution in [0.2, 0.25) is 0 Å². The molecule has 1 aliphatic rings. The summed E-state index contributed by atoms with van der Waals surface area (Å²) in [6, 6.07) is 42.6. The molecule has 4 nitrogen and oxygen atoms in total. The number of pyridine rings is 1. The minimum absolute atomic E-state index is 0. The fraction of sp³-hybridized carbons (Fsp3) is 0.167. The number of para-hydroxylation sites is 3. The summed E-state index contributed by atoms with van der Waals surface area (Å²) in [5, 5.41) is 2.22. The monoisotopic (exact) mass is 714 g/mol. The standard InChI is InChI=1S/C24H21N2O.C12H10N.Ir/c1-24(2,3)15-25-16-26(21-10-6-5-9-20(21)25)17-12-13-19-18-8-4-7-11-22(18)27-23(19)14-17;1-10-7-8-12(13-9-10)11-5-3-2-4-6-11;/h4-11,13-14H,15H2,1-3H3;2-5,7-9H,1H3;/q+1;-1;. The van der Waals surface area contributed by atoms with Crippen LogP contribution >= 0.6 is 0 Å². The molecule has 205 valence electrons. The Kier molecular flexibility index (Phi) is 8.15. The molecule has 1 aliphatic heterocycles. The van der Waals surface area contributed by atoms with Crippen LogP contribution in [0.15, 0.2) is 108 Å². The molecular weight excluding hydrogens is 683 g/mol. The normalized spacial score (nSPS) is 12.2. The van der Waals surface area contributed by atoms with Crippen LogP contribution in [0, 0.1) is 24.5 Å². The molecule has 0 fully saturated rings. The van der Waals surface area contributed by atoms with E-state index in [0.717, 1.165) is 51.1 Å². The topological polar surface area (TPSA) is 32.0 Å². The van der Waals surface area contributed by atoms with Crippen molar-refractivity contribution in [1.29, 1.82) is 0 Å². The Bertz CT molecular complexity index is 1890. The predicted molar refractivity (Wildman–Crippen MR) is 163 cm³/mol. The molecule has 0 spiro atoms. The number of rotatable bonds is 3. The maximum atomic E-state index is 6.06. The maximum Gasteiger partial charge on any atom is 0.494 e. The molecular formula is C36H31IrN3O. The number of hydrogen-bond donors (Lipinski definition) is 0. The second-order valence-corrected chi connectivity index (χ2v) is 11.3. The Hall–Kier alpha value is -4.14. The Morgan fingerprint density at radius 1 is 0.829 bits per heavy atom. The minimum atomic E-state index is 0. The Morgan fingerprint density at radius 3 is 2.32 bits per heavy atom. The zero-order valence-corrected chi connectivity index (χ0v) is 26.0. The molecule has 4 aromatic carbocycles. The molecule has 0 amide bonds. The molecule has 1 radical (unpaired) electrons. The largest absolute Gasteiger partial charge is 0.494 e. The van der Waals surface area contributed by atoms with E-state index in [1.807, 2.05) is 67.7 Å². The van der Waals surface area contributed by atoms with E-state index >= 15 is 0 Å². The SMILES string of the molecule is CC(C)(C)C[N+]1=C=[N+](c2[c-]cc3c(c2)oc2ccccc23)c2ccccc21.Cc1ccc(-c2[c-]cccc2)nc1.[Ir]. The molecule has 0 aliphatic carbocycles. The van der Waals surface area contributed by atoms with Crippen molar-refractivity contribution in [1.82, 2.24) is 9.56 Å². The zero-order chi connectivity index (χ0) is 27.7. The van der Waals surface area contributed by atoms with E-state index in [-0.39, 0.29) is 25.5 Å². The quantitative estimate of drug-likeness (QED) is 0.136. The first kappa shape index (κ1) is 28.4. The van der Waals surface area contributed by atoms with Crippen molar-refractivity contribution in [2.24, 2.45) is 5.41 Å². The third-order valence-corrected chi connectivity index (χ3v) is 6.70. The van der Waals surface area contributed by atoms with Crippen molar-refractivity contribution in [2.75, 3.05) is 6.54 Å². The van der Waals surface area contributed by atoms with Gasteiger partial charge in [-0.1, -0.05) is 83.8 Å². The molecule has 5 heteroatoms. The van der Waals surface area contributed by atoms with Crippen molar-refractivity contribution in [3.8, 4) is 11.3 Å². The number of aryl methyl sites for hydroxylation is 1. The molecule has 3 heterocycles. The smallest absolute Gasteiger partial charge is 0.483 e. The summed E-state index contributed by atoms with van der Waals surface area (Å²) in [5.41, 5.74) is 8.38. The molecule has 0 atom stereocenters. The van der Waals surface area contributed by atoms with Gasteiger partial charge in [0.2, 0.25) is 0 Å². The van der Waals surface area contributed by atoms with Crippen molar-refractivity contribution < 1.29 is 29.1 Å². The third kappa shape index (κ3) is 6.14. The molecule has 7 rings (SSSR count). The maximum absolute atomic E-state index is 6.06. The predicted octanol–water partition coefficient (Wildman–Crippen LogP) is 8.95. The third-order valence-electron chi connectivity index (χ3n) is 6.70. The van der Waals surface area contributed by atoms with Crippen LogP contribution in [0.5, 0.6) is 0 Å². The second kappa shape index (κ2) is 11.8. The van der Waals surface area contributed by atoms with Crippen LogP contribution in [0.25, 0.3) is 33.2 Å². The van der Waals surface area contributed by atoms with Gasteiger partial charge in [-0.25, -0.2) is 0 Å². The number of aromatic nitrogens is 1. The van der Waals surface area contributed by atoms with Gasteiger partial charge in [0.1, 0.15) is 11.3 Å². The summed E-state index contributed by atoms with van der Waals surface area (Å²) in [4.78, 5) is 4.32. The van der Waals surface area contributed by atoms with E-state index in [2.05, 4.69) is 95.5 Å². The van der Waals surface area contributed by atoms with Gasteiger partial charge < -0.3 is 9.40 Å². The molecule has 0 N–H and O–H groups in total. The van der Waals surface area contributed by atoms with E-state index in [1.165, 1.54) is 11.3 Å².